The fourth-order valence-corrected chi connectivity index (χ4v) is 1.80. The van der Waals surface area contributed by atoms with Gasteiger partial charge >= 0.3 is 0 Å². The lowest BCUT2D eigenvalue weighted by Gasteiger charge is -2.06. The Bertz CT molecular complexity index is 633. The summed E-state index contributed by atoms with van der Waals surface area (Å²) in [4.78, 5) is 12.0. The number of hydrogen-bond donors (Lipinski definition) is 1. The number of rotatable bonds is 5. The molecule has 108 valence electrons. The second-order valence-corrected chi connectivity index (χ2v) is 4.74. The first-order chi connectivity index (χ1) is 10.2. The number of carbonyl (C=O) groups excluding carboxylic acids is 1. The zero-order valence-electron chi connectivity index (χ0n) is 12.3. The summed E-state index contributed by atoms with van der Waals surface area (Å²) in [6.45, 7) is 3.81. The minimum atomic E-state index is -0.173. The van der Waals surface area contributed by atoms with E-state index in [1.165, 1.54) is 11.8 Å². The van der Waals surface area contributed by atoms with Gasteiger partial charge in [-0.05, 0) is 43.2 Å². The SMILES string of the molecule is CCc1cccc(OC=C(C)C(=O)Nc2ccccc2)c1. The highest BCUT2D eigenvalue weighted by Crippen LogP contribution is 2.15. The molecule has 3 nitrogen and oxygen atoms in total. The number of anilines is 1. The number of amides is 1. The molecule has 0 heterocycles. The first-order valence-corrected chi connectivity index (χ1v) is 6.98. The van der Waals surface area contributed by atoms with Crippen LogP contribution in [0.2, 0.25) is 0 Å². The lowest BCUT2D eigenvalue weighted by Crippen LogP contribution is -2.13. The van der Waals surface area contributed by atoms with E-state index < -0.39 is 0 Å². The predicted octanol–water partition coefficient (Wildman–Crippen LogP) is 4.17. The van der Waals surface area contributed by atoms with Gasteiger partial charge in [0.1, 0.15) is 5.75 Å². The van der Waals surface area contributed by atoms with Gasteiger partial charge in [0.05, 0.1) is 6.26 Å². The molecule has 0 fully saturated rings. The number of benzene rings is 2. The van der Waals surface area contributed by atoms with Crippen molar-refractivity contribution in [2.24, 2.45) is 0 Å². The Morgan fingerprint density at radius 1 is 1.14 bits per heavy atom. The summed E-state index contributed by atoms with van der Waals surface area (Å²) >= 11 is 0. The van der Waals surface area contributed by atoms with Gasteiger partial charge in [-0.25, -0.2) is 0 Å². The average molecular weight is 281 g/mol. The number of aryl methyl sites for hydroxylation is 1. The largest absolute Gasteiger partial charge is 0.465 e. The van der Waals surface area contributed by atoms with Crippen LogP contribution in [0.4, 0.5) is 5.69 Å². The van der Waals surface area contributed by atoms with Crippen molar-refractivity contribution in [3.8, 4) is 5.75 Å². The Balaban J connectivity index is 1.98. The molecule has 1 N–H and O–H groups in total. The second-order valence-electron chi connectivity index (χ2n) is 4.74. The lowest BCUT2D eigenvalue weighted by molar-refractivity contribution is -0.112. The van der Waals surface area contributed by atoms with Crippen molar-refractivity contribution in [3.63, 3.8) is 0 Å². The van der Waals surface area contributed by atoms with Crippen molar-refractivity contribution in [1.29, 1.82) is 0 Å². The summed E-state index contributed by atoms with van der Waals surface area (Å²) in [5, 5.41) is 2.81. The molecule has 0 atom stereocenters. The van der Waals surface area contributed by atoms with E-state index in [9.17, 15) is 4.79 Å². The molecular formula is C18H19NO2. The lowest BCUT2D eigenvalue weighted by atomic mass is 10.2. The van der Waals surface area contributed by atoms with Crippen LogP contribution in [0.3, 0.4) is 0 Å². The zero-order valence-corrected chi connectivity index (χ0v) is 12.3. The van der Waals surface area contributed by atoms with Gasteiger partial charge in [0.2, 0.25) is 0 Å². The first-order valence-electron chi connectivity index (χ1n) is 6.98. The number of nitrogens with one attached hydrogen (secondary N) is 1. The third-order valence-corrected chi connectivity index (χ3v) is 3.07. The molecule has 0 bridgehead atoms. The first kappa shape index (κ1) is 14.9. The Morgan fingerprint density at radius 3 is 2.62 bits per heavy atom. The van der Waals surface area contributed by atoms with Crippen LogP contribution in [0.25, 0.3) is 0 Å². The van der Waals surface area contributed by atoms with E-state index in [0.717, 1.165) is 17.9 Å². The molecule has 0 radical (unpaired) electrons. The molecule has 21 heavy (non-hydrogen) atoms. The predicted molar refractivity (Wildman–Crippen MR) is 85.3 cm³/mol. The normalized spacial score (nSPS) is 11.0. The van der Waals surface area contributed by atoms with Gasteiger partial charge in [0, 0.05) is 11.3 Å². The molecule has 0 spiro atoms. The number of para-hydroxylation sites is 1. The van der Waals surface area contributed by atoms with E-state index in [-0.39, 0.29) is 5.91 Å². The van der Waals surface area contributed by atoms with Crippen LogP contribution in [-0.4, -0.2) is 5.91 Å². The van der Waals surface area contributed by atoms with Gasteiger partial charge in [-0.1, -0.05) is 37.3 Å². The molecule has 0 saturated carbocycles. The maximum atomic E-state index is 12.0. The molecule has 2 aromatic rings. The highest BCUT2D eigenvalue weighted by atomic mass is 16.5. The molecule has 0 aliphatic rings. The Kier molecular flexibility index (Phi) is 5.16. The highest BCUT2D eigenvalue weighted by molar-refractivity contribution is 6.03. The topological polar surface area (TPSA) is 38.3 Å². The molecule has 0 aliphatic heterocycles. The van der Waals surface area contributed by atoms with Gasteiger partial charge in [-0.2, -0.15) is 0 Å². The van der Waals surface area contributed by atoms with Crippen LogP contribution in [0, 0.1) is 0 Å². The monoisotopic (exact) mass is 281 g/mol. The molecule has 0 aliphatic carbocycles. The quantitative estimate of drug-likeness (QED) is 0.660. The second kappa shape index (κ2) is 7.29. The standard InChI is InChI=1S/C18H19NO2/c1-3-15-8-7-11-17(12-15)21-13-14(2)18(20)19-16-9-5-4-6-10-16/h4-13H,3H2,1-2H3,(H,19,20). The summed E-state index contributed by atoms with van der Waals surface area (Å²) < 4.78 is 5.55. The van der Waals surface area contributed by atoms with Crippen LogP contribution in [0.5, 0.6) is 5.75 Å². The Hall–Kier alpha value is -2.55. The number of hydrogen-bond acceptors (Lipinski definition) is 2. The fraction of sp³-hybridized carbons (Fsp3) is 0.167. The van der Waals surface area contributed by atoms with E-state index in [4.69, 9.17) is 4.74 Å². The summed E-state index contributed by atoms with van der Waals surface area (Å²) in [6.07, 6.45) is 2.43. The third-order valence-electron chi connectivity index (χ3n) is 3.07. The minimum Gasteiger partial charge on any atom is -0.465 e. The molecule has 1 amide bonds. The summed E-state index contributed by atoms with van der Waals surface area (Å²) in [7, 11) is 0. The van der Waals surface area contributed by atoms with Gasteiger partial charge < -0.3 is 10.1 Å². The van der Waals surface area contributed by atoms with Crippen LogP contribution in [0.1, 0.15) is 19.4 Å². The van der Waals surface area contributed by atoms with Gasteiger partial charge in [-0.3, -0.25) is 4.79 Å². The van der Waals surface area contributed by atoms with Crippen LogP contribution < -0.4 is 10.1 Å². The smallest absolute Gasteiger partial charge is 0.254 e. The third kappa shape index (κ3) is 4.49. The zero-order chi connectivity index (χ0) is 15.1. The van der Waals surface area contributed by atoms with Crippen LogP contribution in [0.15, 0.2) is 66.4 Å². The summed E-state index contributed by atoms with van der Waals surface area (Å²) in [5.74, 6) is 0.564. The Labute approximate surface area is 125 Å². The fourth-order valence-electron chi connectivity index (χ4n) is 1.80. The van der Waals surface area contributed by atoms with Gasteiger partial charge in [0.15, 0.2) is 0 Å². The van der Waals surface area contributed by atoms with Crippen molar-refractivity contribution >= 4 is 11.6 Å². The molecule has 2 rings (SSSR count). The van der Waals surface area contributed by atoms with E-state index in [0.29, 0.717) is 5.57 Å². The molecule has 0 unspecified atom stereocenters. The number of carbonyl (C=O) groups is 1. The summed E-state index contributed by atoms with van der Waals surface area (Å²) in [5.41, 5.74) is 2.48. The average Bonchev–Trinajstić information content (AvgIpc) is 2.53. The summed E-state index contributed by atoms with van der Waals surface area (Å²) in [6, 6.07) is 17.2. The van der Waals surface area contributed by atoms with Crippen molar-refractivity contribution in [2.75, 3.05) is 5.32 Å². The van der Waals surface area contributed by atoms with E-state index >= 15 is 0 Å². The van der Waals surface area contributed by atoms with Crippen LogP contribution >= 0.6 is 0 Å². The van der Waals surface area contributed by atoms with Crippen molar-refractivity contribution in [3.05, 3.63) is 72.0 Å². The number of ether oxygens (including phenoxy) is 1. The maximum absolute atomic E-state index is 12.0. The molecular weight excluding hydrogens is 262 g/mol. The maximum Gasteiger partial charge on any atom is 0.254 e. The van der Waals surface area contributed by atoms with E-state index in [1.807, 2.05) is 54.6 Å². The van der Waals surface area contributed by atoms with Gasteiger partial charge in [0.25, 0.3) is 5.91 Å². The van der Waals surface area contributed by atoms with Crippen molar-refractivity contribution < 1.29 is 9.53 Å². The van der Waals surface area contributed by atoms with Crippen LogP contribution in [-0.2, 0) is 11.2 Å². The molecule has 2 aromatic carbocycles. The van der Waals surface area contributed by atoms with E-state index in [2.05, 4.69) is 12.2 Å². The van der Waals surface area contributed by atoms with Gasteiger partial charge in [-0.15, -0.1) is 0 Å². The molecule has 0 aromatic heterocycles. The molecule has 3 heteroatoms. The highest BCUT2D eigenvalue weighted by Gasteiger charge is 2.05. The Morgan fingerprint density at radius 2 is 1.90 bits per heavy atom. The van der Waals surface area contributed by atoms with Crippen molar-refractivity contribution in [1.82, 2.24) is 0 Å². The van der Waals surface area contributed by atoms with E-state index in [1.54, 1.807) is 6.92 Å². The molecule has 0 saturated heterocycles. The van der Waals surface area contributed by atoms with Crippen molar-refractivity contribution in [2.45, 2.75) is 20.3 Å². The minimum absolute atomic E-state index is 0.173.